The third kappa shape index (κ3) is 4.63. The first-order valence-electron chi connectivity index (χ1n) is 11.2. The molecule has 0 radical (unpaired) electrons. The van der Waals surface area contributed by atoms with Gasteiger partial charge in [0.05, 0.1) is 19.4 Å². The molecule has 0 saturated carbocycles. The van der Waals surface area contributed by atoms with Crippen LogP contribution in [0.15, 0.2) is 42.5 Å². The van der Waals surface area contributed by atoms with Crippen molar-refractivity contribution in [3.05, 3.63) is 58.1 Å². The van der Waals surface area contributed by atoms with Crippen molar-refractivity contribution in [2.45, 2.75) is 12.5 Å². The molecule has 1 amide bonds. The Hall–Kier alpha value is -2.65. The molecule has 34 heavy (non-hydrogen) atoms. The second kappa shape index (κ2) is 9.92. The van der Waals surface area contributed by atoms with Gasteiger partial charge in [0.2, 0.25) is 0 Å². The number of likely N-dealkylation sites (tertiary alicyclic amines) is 1. The summed E-state index contributed by atoms with van der Waals surface area (Å²) in [5.74, 6) is 1.27. The molecule has 1 aromatic heterocycles. The van der Waals surface area contributed by atoms with Crippen LogP contribution in [-0.2, 0) is 11.2 Å². The molecule has 9 heteroatoms. The summed E-state index contributed by atoms with van der Waals surface area (Å²) in [5, 5.41) is 1.51. The van der Waals surface area contributed by atoms with Gasteiger partial charge in [-0.05, 0) is 24.3 Å². The molecule has 0 aliphatic carbocycles. The lowest BCUT2D eigenvalue weighted by Crippen LogP contribution is -2.54. The van der Waals surface area contributed by atoms with E-state index in [9.17, 15) is 4.79 Å². The van der Waals surface area contributed by atoms with Gasteiger partial charge in [0.1, 0.15) is 16.0 Å². The molecule has 2 aromatic carbocycles. The minimum atomic E-state index is -0.0394. The number of nitrogens with zero attached hydrogens (tertiary/aromatic N) is 3. The van der Waals surface area contributed by atoms with Crippen molar-refractivity contribution in [3.8, 4) is 22.1 Å². The van der Waals surface area contributed by atoms with Crippen LogP contribution in [0.25, 0.3) is 10.6 Å². The molecule has 0 unspecified atom stereocenters. The first-order valence-corrected chi connectivity index (χ1v) is 12.4. The lowest BCUT2D eigenvalue weighted by molar-refractivity contribution is 0.00454. The highest BCUT2D eigenvalue weighted by molar-refractivity contribution is 7.17. The minimum absolute atomic E-state index is 0.0394. The number of carbonyl (C=O) groups excluding carboxylic acids is 1. The summed E-state index contributed by atoms with van der Waals surface area (Å²) in [6.45, 7) is 3.92. The molecular formula is C25H26ClN3O4S. The van der Waals surface area contributed by atoms with Gasteiger partial charge in [0, 0.05) is 62.0 Å². The van der Waals surface area contributed by atoms with Crippen LogP contribution < -0.4 is 14.4 Å². The molecule has 7 nitrogen and oxygen atoms in total. The first-order chi connectivity index (χ1) is 16.6. The van der Waals surface area contributed by atoms with Gasteiger partial charge in [-0.25, -0.2) is 4.98 Å². The second-order valence-corrected chi connectivity index (χ2v) is 9.77. The lowest BCUT2D eigenvalue weighted by Gasteiger charge is -2.39. The number of methoxy groups -OCH3 is 2. The van der Waals surface area contributed by atoms with Gasteiger partial charge in [0.25, 0.3) is 5.91 Å². The Balaban J connectivity index is 1.30. The number of thiazole rings is 1. The monoisotopic (exact) mass is 499 g/mol. The van der Waals surface area contributed by atoms with Gasteiger partial charge in [-0.2, -0.15) is 0 Å². The van der Waals surface area contributed by atoms with Crippen LogP contribution in [-0.4, -0.2) is 68.9 Å². The number of carbonyl (C=O) groups is 1. The highest BCUT2D eigenvalue weighted by Crippen LogP contribution is 2.37. The van der Waals surface area contributed by atoms with Crippen LogP contribution >= 0.6 is 22.9 Å². The van der Waals surface area contributed by atoms with Gasteiger partial charge >= 0.3 is 0 Å². The molecule has 5 rings (SSSR count). The van der Waals surface area contributed by atoms with E-state index in [-0.39, 0.29) is 12.0 Å². The smallest absolute Gasteiger partial charge is 0.270 e. The zero-order valence-electron chi connectivity index (χ0n) is 19.1. The number of halogens is 1. The number of aromatic nitrogens is 1. The number of anilines is 1. The molecule has 3 heterocycles. The van der Waals surface area contributed by atoms with Crippen LogP contribution in [0, 0.1) is 0 Å². The molecule has 1 saturated heterocycles. The van der Waals surface area contributed by atoms with Crippen LogP contribution in [0.2, 0.25) is 5.02 Å². The Bertz CT molecular complexity index is 1180. The molecule has 1 fully saturated rings. The van der Waals surface area contributed by atoms with Gasteiger partial charge in [-0.1, -0.05) is 23.7 Å². The van der Waals surface area contributed by atoms with E-state index >= 15 is 0 Å². The van der Waals surface area contributed by atoms with E-state index in [4.69, 9.17) is 30.8 Å². The zero-order valence-corrected chi connectivity index (χ0v) is 20.7. The van der Waals surface area contributed by atoms with E-state index < -0.39 is 0 Å². The molecule has 2 aliphatic rings. The summed E-state index contributed by atoms with van der Waals surface area (Å²) >= 11 is 7.43. The number of amides is 1. The van der Waals surface area contributed by atoms with Crippen molar-refractivity contribution in [3.63, 3.8) is 0 Å². The second-order valence-electron chi connectivity index (χ2n) is 8.34. The van der Waals surface area contributed by atoms with Crippen molar-refractivity contribution in [1.82, 2.24) is 9.88 Å². The summed E-state index contributed by atoms with van der Waals surface area (Å²) in [6.07, 6.45) is 0.824. The standard InChI is InChI=1S/C25H26ClN3O4S/c1-31-12-11-28-14-19(15-28)33-21-8-7-18(13-22(21)32-2)29-10-9-20-23(25(29)30)34-24(27-20)16-3-5-17(26)6-4-16/h3-8,13,19H,9-12,14-15H2,1-2H3. The third-order valence-electron chi connectivity index (χ3n) is 6.09. The van der Waals surface area contributed by atoms with Crippen LogP contribution in [0.3, 0.4) is 0 Å². The van der Waals surface area contributed by atoms with Gasteiger partial charge < -0.3 is 19.1 Å². The van der Waals surface area contributed by atoms with Crippen LogP contribution in [0.1, 0.15) is 15.4 Å². The number of rotatable bonds is 8. The van der Waals surface area contributed by atoms with Crippen molar-refractivity contribution in [2.75, 3.05) is 51.9 Å². The fraction of sp³-hybridized carbons (Fsp3) is 0.360. The molecule has 0 bridgehead atoms. The summed E-state index contributed by atoms with van der Waals surface area (Å²) in [7, 11) is 3.33. The number of hydrogen-bond acceptors (Lipinski definition) is 7. The molecular weight excluding hydrogens is 474 g/mol. The SMILES string of the molecule is COCCN1CC(Oc2ccc(N3CCc4nc(-c5ccc(Cl)cc5)sc4C3=O)cc2OC)C1. The average Bonchev–Trinajstić information content (AvgIpc) is 3.26. The molecule has 0 N–H and O–H groups in total. The maximum atomic E-state index is 13.3. The Morgan fingerprint density at radius 3 is 2.65 bits per heavy atom. The summed E-state index contributed by atoms with van der Waals surface area (Å²) in [6, 6.07) is 13.2. The fourth-order valence-electron chi connectivity index (χ4n) is 4.19. The largest absolute Gasteiger partial charge is 0.493 e. The summed E-state index contributed by atoms with van der Waals surface area (Å²) in [4.78, 5) is 22.8. The van der Waals surface area contributed by atoms with Gasteiger partial charge in [0.15, 0.2) is 11.5 Å². The zero-order chi connectivity index (χ0) is 23.7. The first kappa shape index (κ1) is 23.1. The topological polar surface area (TPSA) is 64.1 Å². The molecule has 0 atom stereocenters. The van der Waals surface area contributed by atoms with E-state index in [1.54, 1.807) is 19.1 Å². The number of benzene rings is 2. The molecule has 0 spiro atoms. The molecule has 178 valence electrons. The average molecular weight is 500 g/mol. The van der Waals surface area contributed by atoms with Crippen LogP contribution in [0.4, 0.5) is 5.69 Å². The third-order valence-corrected chi connectivity index (χ3v) is 7.47. The maximum absolute atomic E-state index is 13.3. The molecule has 3 aromatic rings. The normalized spacial score (nSPS) is 16.3. The predicted molar refractivity (Wildman–Crippen MR) is 134 cm³/mol. The fourth-order valence-corrected chi connectivity index (χ4v) is 5.39. The van der Waals surface area contributed by atoms with Crippen LogP contribution in [0.5, 0.6) is 11.5 Å². The summed E-state index contributed by atoms with van der Waals surface area (Å²) in [5.41, 5.74) is 2.60. The number of ether oxygens (including phenoxy) is 3. The van der Waals surface area contributed by atoms with Crippen molar-refractivity contribution in [2.24, 2.45) is 0 Å². The highest BCUT2D eigenvalue weighted by Gasteiger charge is 2.31. The van der Waals surface area contributed by atoms with E-state index in [0.29, 0.717) is 34.4 Å². The van der Waals surface area contributed by atoms with E-state index in [1.165, 1.54) is 11.3 Å². The summed E-state index contributed by atoms with van der Waals surface area (Å²) < 4.78 is 16.9. The number of fused-ring (bicyclic) bond motifs is 1. The Morgan fingerprint density at radius 2 is 1.91 bits per heavy atom. The van der Waals surface area contributed by atoms with Gasteiger partial charge in [-0.15, -0.1) is 11.3 Å². The maximum Gasteiger partial charge on any atom is 0.270 e. The van der Waals surface area contributed by atoms with E-state index in [0.717, 1.165) is 48.2 Å². The minimum Gasteiger partial charge on any atom is -0.493 e. The van der Waals surface area contributed by atoms with Crippen molar-refractivity contribution < 1.29 is 19.0 Å². The predicted octanol–water partition coefficient (Wildman–Crippen LogP) is 4.38. The number of hydrogen-bond donors (Lipinski definition) is 0. The molecule has 2 aliphatic heterocycles. The van der Waals surface area contributed by atoms with Gasteiger partial charge in [-0.3, -0.25) is 9.69 Å². The lowest BCUT2D eigenvalue weighted by atomic mass is 10.1. The highest BCUT2D eigenvalue weighted by atomic mass is 35.5. The van der Waals surface area contributed by atoms with E-state index in [2.05, 4.69) is 4.90 Å². The Labute approximate surface area is 207 Å². The van der Waals surface area contributed by atoms with E-state index in [1.807, 2.05) is 42.5 Å². The Morgan fingerprint density at radius 1 is 1.12 bits per heavy atom. The quantitative estimate of drug-likeness (QED) is 0.458. The van der Waals surface area contributed by atoms with Crippen molar-refractivity contribution >= 4 is 34.5 Å². The Kier molecular flexibility index (Phi) is 6.74. The van der Waals surface area contributed by atoms with Crippen molar-refractivity contribution in [1.29, 1.82) is 0 Å².